The molecule has 0 N–H and O–H groups in total. The van der Waals surface area contributed by atoms with Crippen molar-refractivity contribution in [1.29, 1.82) is 0 Å². The predicted molar refractivity (Wildman–Crippen MR) is 117 cm³/mol. The van der Waals surface area contributed by atoms with E-state index in [1.807, 2.05) is 6.92 Å². The minimum atomic E-state index is -4.13. The van der Waals surface area contributed by atoms with Crippen molar-refractivity contribution in [1.82, 2.24) is 8.87 Å². The molecule has 1 aromatic heterocycles. The van der Waals surface area contributed by atoms with E-state index in [1.165, 1.54) is 21.1 Å². The Kier molecular flexibility index (Phi) is 8.33. The van der Waals surface area contributed by atoms with Crippen molar-refractivity contribution >= 4 is 21.8 Å². The first kappa shape index (κ1) is 25.7. The first-order chi connectivity index (χ1) is 15.0. The Hall–Kier alpha value is -2.56. The summed E-state index contributed by atoms with van der Waals surface area (Å²) in [5.74, 6) is -1.60. The zero-order chi connectivity index (χ0) is 24.2. The highest BCUT2D eigenvalue weighted by Gasteiger charge is 2.36. The summed E-state index contributed by atoms with van der Waals surface area (Å²) in [7, 11) is -1.45. The van der Waals surface area contributed by atoms with Gasteiger partial charge in [-0.1, -0.05) is 0 Å². The summed E-state index contributed by atoms with van der Waals surface area (Å²) >= 11 is 0. The van der Waals surface area contributed by atoms with Crippen LogP contribution in [-0.4, -0.2) is 62.5 Å². The molecular formula is C22H29FN2O6S. The Balaban J connectivity index is 2.57. The number of halogens is 1. The number of methoxy groups -OCH3 is 2. The number of ketones is 1. The van der Waals surface area contributed by atoms with E-state index in [0.29, 0.717) is 17.8 Å². The van der Waals surface area contributed by atoms with Crippen LogP contribution >= 0.6 is 0 Å². The molecule has 32 heavy (non-hydrogen) atoms. The van der Waals surface area contributed by atoms with Gasteiger partial charge < -0.3 is 14.0 Å². The zero-order valence-corrected chi connectivity index (χ0v) is 20.0. The van der Waals surface area contributed by atoms with Crippen LogP contribution in [0.3, 0.4) is 0 Å². The quantitative estimate of drug-likeness (QED) is 0.393. The maximum atomic E-state index is 13.5. The molecule has 0 aliphatic heterocycles. The van der Waals surface area contributed by atoms with Crippen LogP contribution in [0.2, 0.25) is 0 Å². The first-order valence-corrected chi connectivity index (χ1v) is 11.5. The summed E-state index contributed by atoms with van der Waals surface area (Å²) in [4.78, 5) is 25.7. The molecule has 1 atom stereocenters. The molecule has 1 unspecified atom stereocenters. The molecule has 0 aliphatic carbocycles. The molecule has 0 saturated heterocycles. The second kappa shape index (κ2) is 10.4. The largest absolute Gasteiger partial charge is 0.464 e. The van der Waals surface area contributed by atoms with Gasteiger partial charge in [-0.05, 0) is 57.5 Å². The summed E-state index contributed by atoms with van der Waals surface area (Å²) < 4.78 is 52.5. The maximum absolute atomic E-state index is 13.5. The Morgan fingerprint density at radius 1 is 1.16 bits per heavy atom. The number of carbonyl (C=O) groups excluding carboxylic acids is 2. The fraction of sp³-hybridized carbons (Fsp3) is 0.455. The topological polar surface area (TPSA) is 94.9 Å². The number of hydrogen-bond acceptors (Lipinski definition) is 6. The van der Waals surface area contributed by atoms with Crippen molar-refractivity contribution in [3.63, 3.8) is 0 Å². The highest BCUT2D eigenvalue weighted by Crippen LogP contribution is 2.27. The van der Waals surface area contributed by atoms with Gasteiger partial charge in [-0.25, -0.2) is 17.6 Å². The number of Topliss-reactive ketones (excluding diaryl/α,β-unsaturated/α-hetero) is 1. The van der Waals surface area contributed by atoms with E-state index in [1.54, 1.807) is 18.4 Å². The van der Waals surface area contributed by atoms with E-state index < -0.39 is 33.6 Å². The normalized spacial score (nSPS) is 12.8. The lowest BCUT2D eigenvalue weighted by Gasteiger charge is -2.27. The summed E-state index contributed by atoms with van der Waals surface area (Å²) in [5.41, 5.74) is 1.51. The van der Waals surface area contributed by atoms with Gasteiger partial charge in [0, 0.05) is 31.5 Å². The number of carbonyl (C=O) groups is 2. The van der Waals surface area contributed by atoms with Crippen molar-refractivity contribution in [3.8, 4) is 0 Å². The number of rotatable bonds is 10. The van der Waals surface area contributed by atoms with Crippen molar-refractivity contribution in [2.24, 2.45) is 0 Å². The van der Waals surface area contributed by atoms with E-state index in [9.17, 15) is 22.4 Å². The van der Waals surface area contributed by atoms with E-state index >= 15 is 0 Å². The number of aromatic nitrogens is 1. The van der Waals surface area contributed by atoms with Gasteiger partial charge in [0.15, 0.2) is 5.78 Å². The fourth-order valence-corrected chi connectivity index (χ4v) is 5.38. The molecule has 0 fully saturated rings. The van der Waals surface area contributed by atoms with Gasteiger partial charge in [0.05, 0.1) is 24.7 Å². The number of hydrogen-bond donors (Lipinski definition) is 0. The number of benzene rings is 1. The predicted octanol–water partition coefficient (Wildman–Crippen LogP) is 2.96. The Morgan fingerprint density at radius 3 is 2.25 bits per heavy atom. The second-order valence-electron chi connectivity index (χ2n) is 7.27. The highest BCUT2D eigenvalue weighted by atomic mass is 32.2. The van der Waals surface area contributed by atoms with Crippen LogP contribution in [0, 0.1) is 19.7 Å². The van der Waals surface area contributed by atoms with Crippen LogP contribution in [0.4, 0.5) is 4.39 Å². The van der Waals surface area contributed by atoms with Gasteiger partial charge >= 0.3 is 5.97 Å². The van der Waals surface area contributed by atoms with Crippen LogP contribution < -0.4 is 0 Å². The summed E-state index contributed by atoms with van der Waals surface area (Å²) in [5, 5.41) is 0. The molecule has 10 heteroatoms. The van der Waals surface area contributed by atoms with Gasteiger partial charge in [-0.3, -0.25) is 4.79 Å². The lowest BCUT2D eigenvalue weighted by molar-refractivity contribution is 0.0587. The smallest absolute Gasteiger partial charge is 0.354 e. The molecule has 0 aliphatic rings. The third-order valence-electron chi connectivity index (χ3n) is 5.46. The molecule has 0 amide bonds. The molecule has 0 radical (unpaired) electrons. The van der Waals surface area contributed by atoms with Gasteiger partial charge in [-0.15, -0.1) is 0 Å². The zero-order valence-electron chi connectivity index (χ0n) is 19.1. The van der Waals surface area contributed by atoms with Crippen LogP contribution in [-0.2, 0) is 26.0 Å². The van der Waals surface area contributed by atoms with Crippen molar-refractivity contribution in [3.05, 3.63) is 52.6 Å². The number of nitrogens with zero attached hydrogens (tertiary/aromatic N) is 2. The molecule has 1 aromatic carbocycles. The van der Waals surface area contributed by atoms with Gasteiger partial charge in [0.1, 0.15) is 11.5 Å². The average Bonchev–Trinajstić information content (AvgIpc) is 3.02. The van der Waals surface area contributed by atoms with Crippen LogP contribution in [0.1, 0.15) is 46.0 Å². The maximum Gasteiger partial charge on any atom is 0.354 e. The number of sulfonamides is 1. The monoisotopic (exact) mass is 468 g/mol. The Bertz CT molecular complexity index is 1090. The molecule has 2 rings (SSSR count). The second-order valence-corrected chi connectivity index (χ2v) is 9.16. The minimum absolute atomic E-state index is 0.0550. The minimum Gasteiger partial charge on any atom is -0.464 e. The van der Waals surface area contributed by atoms with Crippen molar-refractivity contribution in [2.75, 3.05) is 27.4 Å². The molecule has 176 valence electrons. The molecule has 8 nitrogen and oxygen atoms in total. The van der Waals surface area contributed by atoms with E-state index in [-0.39, 0.29) is 29.3 Å². The van der Waals surface area contributed by atoms with Crippen molar-refractivity contribution < 1.29 is 31.9 Å². The Morgan fingerprint density at radius 2 is 1.75 bits per heavy atom. The van der Waals surface area contributed by atoms with Gasteiger partial charge in [0.25, 0.3) is 0 Å². The lowest BCUT2D eigenvalue weighted by Crippen LogP contribution is -2.45. The molecule has 0 bridgehead atoms. The summed E-state index contributed by atoms with van der Waals surface area (Å²) in [6, 6.07) is 3.30. The highest BCUT2D eigenvalue weighted by molar-refractivity contribution is 7.89. The molecule has 0 spiro atoms. The van der Waals surface area contributed by atoms with Gasteiger partial charge in [-0.2, -0.15) is 4.31 Å². The van der Waals surface area contributed by atoms with Crippen LogP contribution in [0.25, 0.3) is 0 Å². The molecule has 2 aromatic rings. The summed E-state index contributed by atoms with van der Waals surface area (Å²) in [6.45, 7) is 7.06. The standard InChI is InChI=1S/C22H29FN2O6S/c1-7-24-15(3)19(14(2)20(24)22(27)31-6)21(26)16(4)25(12-13-30-5)32(28,29)18-10-8-17(23)9-11-18/h8-11,16H,7,12-13H2,1-6H3. The molecular weight excluding hydrogens is 439 g/mol. The average molecular weight is 469 g/mol. The third-order valence-corrected chi connectivity index (χ3v) is 7.44. The Labute approximate surface area is 188 Å². The van der Waals surface area contributed by atoms with Crippen LogP contribution in [0.15, 0.2) is 29.2 Å². The number of ether oxygens (including phenoxy) is 2. The number of esters is 1. The third kappa shape index (κ3) is 4.77. The van der Waals surface area contributed by atoms with E-state index in [0.717, 1.165) is 28.6 Å². The molecule has 0 saturated carbocycles. The van der Waals surface area contributed by atoms with Crippen LogP contribution in [0.5, 0.6) is 0 Å². The van der Waals surface area contributed by atoms with Crippen molar-refractivity contribution in [2.45, 2.75) is 45.2 Å². The van der Waals surface area contributed by atoms with E-state index in [2.05, 4.69) is 0 Å². The molecule has 1 heterocycles. The summed E-state index contributed by atoms with van der Waals surface area (Å²) in [6.07, 6.45) is 0. The lowest BCUT2D eigenvalue weighted by atomic mass is 10.0. The SMILES string of the molecule is CCn1c(C)c(C(=O)C(C)N(CCOC)S(=O)(=O)c2ccc(F)cc2)c(C)c1C(=O)OC. The van der Waals surface area contributed by atoms with Gasteiger partial charge in [0.2, 0.25) is 10.0 Å². The first-order valence-electron chi connectivity index (χ1n) is 10.1. The fourth-order valence-electron chi connectivity index (χ4n) is 3.80. The van der Waals surface area contributed by atoms with E-state index in [4.69, 9.17) is 9.47 Å².